The van der Waals surface area contributed by atoms with Gasteiger partial charge in [-0.1, -0.05) is 41.5 Å². The predicted molar refractivity (Wildman–Crippen MR) is 259 cm³/mol. The van der Waals surface area contributed by atoms with E-state index in [1.165, 1.54) is 13.8 Å². The van der Waals surface area contributed by atoms with Gasteiger partial charge in [0.2, 0.25) is 17.3 Å². The first-order valence-electron chi connectivity index (χ1n) is 21.4. The summed E-state index contributed by atoms with van der Waals surface area (Å²) in [6, 6.07) is 0. The van der Waals surface area contributed by atoms with Gasteiger partial charge in [0, 0.05) is 67.5 Å². The Morgan fingerprint density at radius 2 is 0.791 bits per heavy atom. The number of rotatable bonds is 13. The Bertz CT molecular complexity index is 1680. The SMILES string of the molecule is C/C(=N\N(C)C)C(=O)OC(C)(C)C.CC(=O)C(=O)OC(C)(C)C.CC(C)/C(=N\N(C)C)C(=O)OC(C)(C)C.CC(C)C(=O)C(=O)O.CC/C(=N\N(C)C)C(=O)OC(C)(C)C.CCC(=O)C(=O)O. The summed E-state index contributed by atoms with van der Waals surface area (Å²) in [5.74, 6) is -6.88. The number of carbonyl (C=O) groups excluding carboxylic acids is 7. The molecule has 0 atom stereocenters. The van der Waals surface area contributed by atoms with E-state index < -0.39 is 63.6 Å². The molecule has 0 saturated carbocycles. The molecule has 0 radical (unpaired) electrons. The van der Waals surface area contributed by atoms with Gasteiger partial charge in [-0.25, -0.2) is 28.8 Å². The summed E-state index contributed by atoms with van der Waals surface area (Å²) in [7, 11) is 10.6. The third-order valence-corrected chi connectivity index (χ3v) is 5.78. The lowest BCUT2D eigenvalue weighted by Crippen LogP contribution is -2.32. The molecule has 0 aliphatic rings. The Labute approximate surface area is 400 Å². The van der Waals surface area contributed by atoms with Crippen molar-refractivity contribution in [1.29, 1.82) is 0 Å². The van der Waals surface area contributed by atoms with Crippen LogP contribution in [0.5, 0.6) is 0 Å². The maximum Gasteiger partial charge on any atom is 0.374 e. The van der Waals surface area contributed by atoms with Gasteiger partial charge >= 0.3 is 35.8 Å². The van der Waals surface area contributed by atoms with Crippen molar-refractivity contribution in [2.75, 3.05) is 42.3 Å². The number of aliphatic carboxylic acids is 2. The molecular weight excluding hydrogens is 877 g/mol. The summed E-state index contributed by atoms with van der Waals surface area (Å²) in [5, 5.41) is 32.7. The minimum Gasteiger partial charge on any atom is -0.476 e. The number of Topliss-reactive ketones (excluding diaryl/α,β-unsaturated/α-hetero) is 3. The number of ether oxygens (including phenoxy) is 4. The molecule has 0 aromatic carbocycles. The van der Waals surface area contributed by atoms with E-state index in [0.29, 0.717) is 23.6 Å². The van der Waals surface area contributed by atoms with E-state index >= 15 is 0 Å². The minimum atomic E-state index is -1.35. The van der Waals surface area contributed by atoms with Crippen molar-refractivity contribution in [3.05, 3.63) is 0 Å². The monoisotopic (exact) mass is 963 g/mol. The van der Waals surface area contributed by atoms with Gasteiger partial charge < -0.3 is 44.2 Å². The molecule has 0 aromatic rings. The standard InChI is InChI=1S/C11H22N2O2.C10H20N2O2.C9H18N2O2.C7H12O3.C5H8O3.C4H6O3/c1-8(2)9(12-13(6)7)10(14)15-11(3,4)5;1-7-8(11-12(5)6)9(13)14-10(2,3)4;1-7(10-11(5)6)8(12)13-9(2,3)4;1-5(8)6(9)10-7(2,3)4;1-3(2)4(6)5(7)8;1-2-3(5)4(6)7/h8H,1-7H3;7H2,1-6H3;1-6H3;1-4H3;3H,1-2H3,(H,7,8);2H2,1H3,(H,6,7)/b12-9+;11-8+;10-7+;;;. The van der Waals surface area contributed by atoms with Crippen LogP contribution in [0.4, 0.5) is 0 Å². The summed E-state index contributed by atoms with van der Waals surface area (Å²) < 4.78 is 20.3. The van der Waals surface area contributed by atoms with Crippen LogP contribution >= 0.6 is 0 Å². The second kappa shape index (κ2) is 34.5. The quantitative estimate of drug-likeness (QED) is 0.0695. The molecular formula is C46H86N6O15. The van der Waals surface area contributed by atoms with Crippen molar-refractivity contribution in [2.24, 2.45) is 27.1 Å². The number of carboxylic acids is 2. The molecule has 0 rings (SSSR count). The molecule has 0 bridgehead atoms. The van der Waals surface area contributed by atoms with Crippen molar-refractivity contribution in [1.82, 2.24) is 15.0 Å². The average Bonchev–Trinajstić information content (AvgIpc) is 3.09. The first-order valence-corrected chi connectivity index (χ1v) is 21.4. The van der Waals surface area contributed by atoms with Crippen LogP contribution in [0.15, 0.2) is 15.3 Å². The molecule has 0 aromatic heterocycles. The lowest BCUT2D eigenvalue weighted by Gasteiger charge is -2.21. The van der Waals surface area contributed by atoms with Gasteiger partial charge in [0.1, 0.15) is 39.5 Å². The van der Waals surface area contributed by atoms with Crippen LogP contribution < -0.4 is 0 Å². The molecule has 0 aliphatic carbocycles. The van der Waals surface area contributed by atoms with Gasteiger partial charge in [-0.05, 0) is 96.4 Å². The zero-order valence-electron chi connectivity index (χ0n) is 45.5. The minimum absolute atomic E-state index is 0.0576. The van der Waals surface area contributed by atoms with Crippen LogP contribution in [0.1, 0.15) is 151 Å². The number of esters is 4. The molecule has 0 unspecified atom stereocenters. The van der Waals surface area contributed by atoms with E-state index in [1.54, 1.807) is 98.9 Å². The van der Waals surface area contributed by atoms with Crippen molar-refractivity contribution in [3.63, 3.8) is 0 Å². The van der Waals surface area contributed by atoms with Crippen LogP contribution in [-0.4, -0.2) is 160 Å². The first-order chi connectivity index (χ1) is 29.7. The highest BCUT2D eigenvalue weighted by molar-refractivity contribution is 6.37. The highest BCUT2D eigenvalue weighted by Crippen LogP contribution is 2.12. The molecule has 0 aliphatic heterocycles. The predicted octanol–water partition coefficient (Wildman–Crippen LogP) is 6.09. The normalized spacial score (nSPS) is 11.6. The van der Waals surface area contributed by atoms with Crippen LogP contribution in [0.25, 0.3) is 0 Å². The van der Waals surface area contributed by atoms with Gasteiger partial charge in [0.25, 0.3) is 0 Å². The topological polar surface area (TPSA) is 278 Å². The number of carbonyl (C=O) groups is 9. The van der Waals surface area contributed by atoms with Crippen molar-refractivity contribution in [2.45, 2.75) is 174 Å². The third-order valence-electron chi connectivity index (χ3n) is 5.78. The van der Waals surface area contributed by atoms with E-state index in [1.807, 2.05) is 83.1 Å². The number of carboxylic acid groups (broad SMARTS) is 2. The second-order valence-electron chi connectivity index (χ2n) is 19.2. The van der Waals surface area contributed by atoms with Gasteiger partial charge in [0.15, 0.2) is 0 Å². The summed E-state index contributed by atoms with van der Waals surface area (Å²) in [5.41, 5.74) is -0.693. The van der Waals surface area contributed by atoms with E-state index in [2.05, 4.69) is 15.3 Å². The van der Waals surface area contributed by atoms with E-state index in [9.17, 15) is 43.2 Å². The second-order valence-corrected chi connectivity index (χ2v) is 19.2. The highest BCUT2D eigenvalue weighted by Gasteiger charge is 2.24. The molecule has 2 N–H and O–H groups in total. The number of hydrogen-bond donors (Lipinski definition) is 2. The molecule has 67 heavy (non-hydrogen) atoms. The van der Waals surface area contributed by atoms with Crippen molar-refractivity contribution in [3.8, 4) is 0 Å². The van der Waals surface area contributed by atoms with E-state index in [-0.39, 0.29) is 30.2 Å². The zero-order chi connectivity index (χ0) is 55.2. The summed E-state index contributed by atoms with van der Waals surface area (Å²) in [6.45, 7) is 34.9. The van der Waals surface area contributed by atoms with Crippen molar-refractivity contribution < 1.29 is 72.3 Å². The first kappa shape index (κ1) is 72.8. The Balaban J connectivity index is -0.000000170. The van der Waals surface area contributed by atoms with Crippen LogP contribution in [-0.2, 0) is 62.1 Å². The Morgan fingerprint density at radius 1 is 0.463 bits per heavy atom. The maximum absolute atomic E-state index is 11.8. The molecule has 0 amide bonds. The molecule has 0 heterocycles. The number of hydrazone groups is 3. The molecule has 0 saturated heterocycles. The average molecular weight is 963 g/mol. The van der Waals surface area contributed by atoms with Gasteiger partial charge in [-0.15, -0.1) is 0 Å². The van der Waals surface area contributed by atoms with E-state index in [0.717, 1.165) is 0 Å². The van der Waals surface area contributed by atoms with Gasteiger partial charge in [0.05, 0.1) is 0 Å². The third kappa shape index (κ3) is 52.7. The molecule has 390 valence electrons. The van der Waals surface area contributed by atoms with Crippen LogP contribution in [0, 0.1) is 11.8 Å². The lowest BCUT2D eigenvalue weighted by atomic mass is 10.1. The maximum atomic E-state index is 11.8. The van der Waals surface area contributed by atoms with Crippen LogP contribution in [0.3, 0.4) is 0 Å². The van der Waals surface area contributed by atoms with Crippen LogP contribution in [0.2, 0.25) is 0 Å². The summed E-state index contributed by atoms with van der Waals surface area (Å²) in [4.78, 5) is 95.1. The fourth-order valence-corrected chi connectivity index (χ4v) is 3.21. The number of hydrogen-bond acceptors (Lipinski definition) is 19. The largest absolute Gasteiger partial charge is 0.476 e. The Morgan fingerprint density at radius 3 is 0.985 bits per heavy atom. The molecule has 21 heteroatoms. The summed E-state index contributed by atoms with van der Waals surface area (Å²) >= 11 is 0. The van der Waals surface area contributed by atoms with Crippen molar-refractivity contribution >= 4 is 70.3 Å². The lowest BCUT2D eigenvalue weighted by molar-refractivity contribution is -0.161. The van der Waals surface area contributed by atoms with E-state index in [4.69, 9.17) is 29.2 Å². The Kier molecular flexibility index (Phi) is 37.5. The zero-order valence-corrected chi connectivity index (χ0v) is 45.5. The van der Waals surface area contributed by atoms with Gasteiger partial charge in [-0.3, -0.25) is 14.4 Å². The molecule has 0 fully saturated rings. The smallest absolute Gasteiger partial charge is 0.374 e. The fourth-order valence-electron chi connectivity index (χ4n) is 3.21. The number of ketones is 3. The van der Waals surface area contributed by atoms with Gasteiger partial charge in [-0.2, -0.15) is 15.3 Å². The fraction of sp³-hybridized carbons (Fsp3) is 0.739. The summed E-state index contributed by atoms with van der Waals surface area (Å²) in [6.07, 6.45) is 0.655. The molecule has 21 nitrogen and oxygen atoms in total. The highest BCUT2D eigenvalue weighted by atomic mass is 16.6. The number of nitrogens with zero attached hydrogens (tertiary/aromatic N) is 6. The Hall–Kier alpha value is -5.76. The molecule has 0 spiro atoms.